The Labute approximate surface area is 244 Å². The highest BCUT2D eigenvalue weighted by Gasteiger charge is 2.01. The van der Waals surface area contributed by atoms with E-state index >= 15 is 0 Å². The quantitative estimate of drug-likeness (QED) is 0.154. The summed E-state index contributed by atoms with van der Waals surface area (Å²) in [6.45, 7) is 3.93. The second-order valence-corrected chi connectivity index (χ2v) is 16.0. The first-order valence-electron chi connectivity index (χ1n) is 9.44. The predicted octanol–water partition coefficient (Wildman–Crippen LogP) is 5.80. The van der Waals surface area contributed by atoms with E-state index in [9.17, 15) is 0 Å². The fourth-order valence-corrected chi connectivity index (χ4v) is 8.93. The molecule has 0 bridgehead atoms. The molecule has 4 heterocycles. The maximum atomic E-state index is 4.37. The molecule has 36 heavy (non-hydrogen) atoms. The van der Waals surface area contributed by atoms with Gasteiger partial charge in [0, 0.05) is 14.1 Å². The van der Waals surface area contributed by atoms with Gasteiger partial charge in [0.25, 0.3) is 0 Å². The molecule has 4 rings (SSSR count). The van der Waals surface area contributed by atoms with Gasteiger partial charge in [-0.05, 0) is 109 Å². The molecule has 4 aromatic heterocycles. The molecule has 0 aromatic carbocycles. The maximum Gasteiger partial charge on any atom is 0.224 e. The summed E-state index contributed by atoms with van der Waals surface area (Å²) in [5, 5.41) is 4.86. The number of aliphatic imine (C=N–C) groups is 2. The smallest absolute Gasteiger partial charge is 0.224 e. The third kappa shape index (κ3) is 9.80. The van der Waals surface area contributed by atoms with Gasteiger partial charge in [0.05, 0.1) is 10.1 Å². The van der Waals surface area contributed by atoms with Crippen LogP contribution in [0.1, 0.15) is 13.8 Å². The van der Waals surface area contributed by atoms with Crippen molar-refractivity contribution in [2.24, 2.45) is 30.0 Å². The summed E-state index contributed by atoms with van der Waals surface area (Å²) in [5.41, 5.74) is 0. The summed E-state index contributed by atoms with van der Waals surface area (Å²) < 4.78 is 0. The first-order valence-corrected chi connectivity index (χ1v) is 20.5. The van der Waals surface area contributed by atoms with Crippen LogP contribution in [0.4, 0.5) is 20.5 Å². The first kappa shape index (κ1) is 29.7. The molecule has 0 N–H and O–H groups in total. The second-order valence-electron chi connectivity index (χ2n) is 5.72. The van der Waals surface area contributed by atoms with E-state index in [1.54, 1.807) is 37.6 Å². The maximum absolute atomic E-state index is 4.37. The summed E-state index contributed by atoms with van der Waals surface area (Å²) in [7, 11) is 15.5. The van der Waals surface area contributed by atoms with Gasteiger partial charge in [0.1, 0.15) is 0 Å². The Kier molecular flexibility index (Phi) is 12.8. The van der Waals surface area contributed by atoms with Crippen LogP contribution in [0.15, 0.2) is 30.0 Å². The molecule has 4 aromatic rings. The average Bonchev–Trinajstić information content (AvgIpc) is 3.69. The van der Waals surface area contributed by atoms with Gasteiger partial charge in [-0.25, -0.2) is 9.98 Å². The molecular weight excluding hydrogens is 653 g/mol. The highest BCUT2D eigenvalue weighted by molar-refractivity contribution is 8.13. The lowest BCUT2D eigenvalue weighted by Crippen LogP contribution is -1.98. The van der Waals surface area contributed by atoms with Crippen molar-refractivity contribution in [3.05, 3.63) is 19.2 Å². The molecule has 192 valence electrons. The lowest BCUT2D eigenvalue weighted by atomic mass is 10.8. The van der Waals surface area contributed by atoms with E-state index < -0.39 is 0 Å². The predicted molar refractivity (Wildman–Crippen MR) is 166 cm³/mol. The van der Waals surface area contributed by atoms with E-state index in [-0.39, 0.29) is 0 Å². The Morgan fingerprint density at radius 1 is 0.528 bits per heavy atom. The molecular formula is C16H18N10S10. The van der Waals surface area contributed by atoms with Crippen LogP contribution in [0, 0.1) is 0 Å². The molecule has 0 radical (unpaired) electrons. The minimum absolute atomic E-state index is 0.692. The van der Waals surface area contributed by atoms with Crippen LogP contribution in [0.3, 0.4) is 0 Å². The molecule has 0 atom stereocenters. The van der Waals surface area contributed by atoms with Crippen LogP contribution < -0.4 is 19.2 Å². The first-order chi connectivity index (χ1) is 17.4. The monoisotopic (exact) mass is 670 g/mol. The number of rotatable bonds is 4. The van der Waals surface area contributed by atoms with E-state index in [0.717, 1.165) is 30.0 Å². The van der Waals surface area contributed by atoms with Gasteiger partial charge in [-0.1, -0.05) is 0 Å². The summed E-state index contributed by atoms with van der Waals surface area (Å²) >= 11 is 3.22. The Bertz CT molecular complexity index is 1460. The van der Waals surface area contributed by atoms with Gasteiger partial charge < -0.3 is 0 Å². The second kappa shape index (κ2) is 15.5. The highest BCUT2D eigenvalue weighted by Crippen LogP contribution is 2.22. The largest absolute Gasteiger partial charge is 0.260 e. The molecule has 0 aliphatic heterocycles. The zero-order valence-electron chi connectivity index (χ0n) is 19.6. The van der Waals surface area contributed by atoms with Crippen molar-refractivity contribution in [2.45, 2.75) is 13.8 Å². The number of hydrogen-bond donors (Lipinski definition) is 0. The van der Waals surface area contributed by atoms with Gasteiger partial charge in [-0.15, -0.1) is 23.5 Å². The van der Waals surface area contributed by atoms with Gasteiger partial charge in [-0.2, -0.15) is 29.9 Å². The Balaban J connectivity index is 0.000000201. The summed E-state index contributed by atoms with van der Waals surface area (Å²) in [4.78, 5) is 45.5. The topological polar surface area (TPSA) is 126 Å². The van der Waals surface area contributed by atoms with Gasteiger partial charge in [-0.3, -0.25) is 9.98 Å². The zero-order chi connectivity index (χ0) is 25.9. The molecule has 0 saturated carbocycles. The highest BCUT2D eigenvalue weighted by atomic mass is 32.9. The van der Waals surface area contributed by atoms with Crippen molar-refractivity contribution in [3.8, 4) is 0 Å². The molecule has 0 amide bonds. The van der Waals surface area contributed by atoms with Crippen molar-refractivity contribution in [2.75, 3.05) is 26.6 Å². The lowest BCUT2D eigenvalue weighted by molar-refractivity contribution is 1.15. The summed E-state index contributed by atoms with van der Waals surface area (Å²) in [6, 6.07) is 0. The van der Waals surface area contributed by atoms with Gasteiger partial charge in [0.15, 0.2) is 0 Å². The Hall–Kier alpha value is -0.840. The normalized spacial score (nSPS) is 14.5. The molecule has 0 aliphatic rings. The van der Waals surface area contributed by atoms with E-state index in [2.05, 4.69) is 49.9 Å². The standard InChI is InChI=1S/2C8H9N5S5/c2*1-4(14-3)10-6-12-8(18-16-6)13-7-11-5(9-2)15-17-7/h2*1-3H3. The average molecular weight is 671 g/mol. The number of nitrogens with zero attached hydrogens (tertiary/aromatic N) is 10. The molecule has 10 nitrogen and oxygen atoms in total. The van der Waals surface area contributed by atoms with Crippen LogP contribution in [0.5, 0.6) is 0 Å². The lowest BCUT2D eigenvalue weighted by Gasteiger charge is -1.88. The van der Waals surface area contributed by atoms with Crippen molar-refractivity contribution in [1.82, 2.24) is 19.9 Å². The fraction of sp³-hybridized carbons (Fsp3) is 0.375. The molecule has 0 aliphatic carbocycles. The summed E-state index contributed by atoms with van der Waals surface area (Å²) in [5.74, 6) is 0. The van der Waals surface area contributed by atoms with Crippen molar-refractivity contribution in [3.63, 3.8) is 0 Å². The van der Waals surface area contributed by atoms with Crippen molar-refractivity contribution in [1.29, 1.82) is 0 Å². The summed E-state index contributed by atoms with van der Waals surface area (Å²) in [6.07, 6.45) is 3.99. The SMILES string of the molecule is CN=c1nc(N=c2nc(N=C(C)SC)ss2)ss1.CN=c1nc(N=c2nc(N=C(C)SC)ss2)ss1. The molecule has 0 saturated heterocycles. The van der Waals surface area contributed by atoms with Crippen LogP contribution in [-0.2, 0) is 0 Å². The fourth-order valence-electron chi connectivity index (χ4n) is 1.74. The van der Waals surface area contributed by atoms with Crippen LogP contribution in [0.25, 0.3) is 0 Å². The molecule has 20 heteroatoms. The van der Waals surface area contributed by atoms with E-state index in [4.69, 9.17) is 0 Å². The Morgan fingerprint density at radius 3 is 1.19 bits per heavy atom. The minimum Gasteiger partial charge on any atom is -0.260 e. The number of thioether (sulfide) groups is 2. The number of hydrogen-bond acceptors (Lipinski definition) is 20. The van der Waals surface area contributed by atoms with Crippen LogP contribution in [-0.4, -0.2) is 56.6 Å². The van der Waals surface area contributed by atoms with Crippen molar-refractivity contribution >= 4 is 137 Å². The number of aromatic nitrogens is 4. The molecule has 0 unspecified atom stereocenters. The van der Waals surface area contributed by atoms with E-state index in [0.29, 0.717) is 19.9 Å². The van der Waals surface area contributed by atoms with E-state index in [1.165, 1.54) is 82.7 Å². The van der Waals surface area contributed by atoms with Gasteiger partial charge >= 0.3 is 0 Å². The molecule has 0 fully saturated rings. The third-order valence-corrected chi connectivity index (χ3v) is 12.5. The van der Waals surface area contributed by atoms with Crippen molar-refractivity contribution < 1.29 is 0 Å². The van der Waals surface area contributed by atoms with Gasteiger partial charge in [0.2, 0.25) is 39.7 Å². The third-order valence-electron chi connectivity index (χ3n) is 3.39. The zero-order valence-corrected chi connectivity index (χ0v) is 27.7. The minimum atomic E-state index is 0.692. The van der Waals surface area contributed by atoms with Crippen LogP contribution in [0.2, 0.25) is 0 Å². The Morgan fingerprint density at radius 2 is 0.861 bits per heavy atom. The van der Waals surface area contributed by atoms with E-state index in [1.807, 2.05) is 26.4 Å². The molecule has 0 spiro atoms. The van der Waals surface area contributed by atoms with Crippen LogP contribution >= 0.6 is 106 Å².